The Hall–Kier alpha value is -3.06. The second kappa shape index (κ2) is 7.88. The Bertz CT molecular complexity index is 984. The summed E-state index contributed by atoms with van der Waals surface area (Å²) in [6.45, 7) is 0.605. The van der Waals surface area contributed by atoms with Crippen molar-refractivity contribution in [2.45, 2.75) is 19.4 Å². The van der Waals surface area contributed by atoms with Crippen LogP contribution in [0.3, 0.4) is 0 Å². The second-order valence-electron chi connectivity index (χ2n) is 6.56. The minimum atomic E-state index is 0.605. The van der Waals surface area contributed by atoms with E-state index in [-0.39, 0.29) is 0 Å². The van der Waals surface area contributed by atoms with E-state index in [0.717, 1.165) is 18.6 Å². The third-order valence-electron chi connectivity index (χ3n) is 4.71. The van der Waals surface area contributed by atoms with Crippen LogP contribution in [0.5, 0.6) is 5.75 Å². The third-order valence-corrected chi connectivity index (χ3v) is 4.71. The quantitative estimate of drug-likeness (QED) is 0.406. The number of ether oxygens (including phenoxy) is 1. The van der Waals surface area contributed by atoms with Gasteiger partial charge in [0.25, 0.3) is 0 Å². The Morgan fingerprint density at radius 2 is 1.31 bits per heavy atom. The van der Waals surface area contributed by atoms with E-state index < -0.39 is 0 Å². The minimum Gasteiger partial charge on any atom is -0.489 e. The van der Waals surface area contributed by atoms with Gasteiger partial charge in [-0.2, -0.15) is 0 Å². The number of rotatable bonds is 6. The van der Waals surface area contributed by atoms with Crippen molar-refractivity contribution >= 4 is 10.8 Å². The fraction of sp³-hybridized carbons (Fsp3) is 0.120. The summed E-state index contributed by atoms with van der Waals surface area (Å²) in [6, 6.07) is 33.9. The van der Waals surface area contributed by atoms with Gasteiger partial charge >= 0.3 is 0 Å². The van der Waals surface area contributed by atoms with Crippen LogP contribution in [0.15, 0.2) is 97.1 Å². The molecule has 0 spiro atoms. The first-order valence-corrected chi connectivity index (χ1v) is 9.11. The van der Waals surface area contributed by atoms with Crippen LogP contribution >= 0.6 is 0 Å². The van der Waals surface area contributed by atoms with Crippen LogP contribution in [0.1, 0.15) is 16.7 Å². The van der Waals surface area contributed by atoms with Gasteiger partial charge in [0.15, 0.2) is 0 Å². The highest BCUT2D eigenvalue weighted by Crippen LogP contribution is 2.21. The van der Waals surface area contributed by atoms with Gasteiger partial charge in [0.05, 0.1) is 0 Å². The van der Waals surface area contributed by atoms with Gasteiger partial charge in [-0.15, -0.1) is 0 Å². The molecule has 0 N–H and O–H groups in total. The molecule has 0 saturated heterocycles. The third kappa shape index (κ3) is 3.94. The van der Waals surface area contributed by atoms with Crippen molar-refractivity contribution in [3.05, 3.63) is 114 Å². The first-order valence-electron chi connectivity index (χ1n) is 9.11. The maximum Gasteiger partial charge on any atom is 0.120 e. The van der Waals surface area contributed by atoms with Crippen LogP contribution in [-0.2, 0) is 19.4 Å². The van der Waals surface area contributed by atoms with E-state index in [4.69, 9.17) is 4.74 Å². The summed E-state index contributed by atoms with van der Waals surface area (Å²) in [5, 5.41) is 2.66. The Labute approximate surface area is 154 Å². The molecule has 0 amide bonds. The molecule has 128 valence electrons. The zero-order chi connectivity index (χ0) is 17.6. The van der Waals surface area contributed by atoms with E-state index in [9.17, 15) is 0 Å². The average molecular weight is 338 g/mol. The predicted octanol–water partition coefficient (Wildman–Crippen LogP) is 6.20. The van der Waals surface area contributed by atoms with Crippen LogP contribution in [0.25, 0.3) is 10.8 Å². The van der Waals surface area contributed by atoms with Crippen molar-refractivity contribution in [3.8, 4) is 5.75 Å². The molecule has 0 bridgehead atoms. The molecular weight excluding hydrogens is 316 g/mol. The summed E-state index contributed by atoms with van der Waals surface area (Å²) < 4.78 is 5.95. The molecule has 0 atom stereocenters. The summed E-state index contributed by atoms with van der Waals surface area (Å²) in [5.74, 6) is 0.935. The second-order valence-corrected chi connectivity index (χ2v) is 6.56. The van der Waals surface area contributed by atoms with Crippen molar-refractivity contribution in [2.75, 3.05) is 0 Å². The van der Waals surface area contributed by atoms with Gasteiger partial charge in [0.1, 0.15) is 12.4 Å². The molecule has 0 radical (unpaired) electrons. The standard InChI is InChI=1S/C25H22O/c1-2-8-21(9-3-1)19-26-24-14-6-10-20(18-24)16-17-23-13-7-12-22-11-4-5-15-25(22)23/h1-15,18H,16-17,19H2. The highest BCUT2D eigenvalue weighted by atomic mass is 16.5. The van der Waals surface area contributed by atoms with E-state index in [2.05, 4.69) is 72.8 Å². The van der Waals surface area contributed by atoms with E-state index in [1.54, 1.807) is 0 Å². The van der Waals surface area contributed by atoms with Crippen LogP contribution in [-0.4, -0.2) is 0 Å². The van der Waals surface area contributed by atoms with E-state index in [1.807, 2.05) is 24.3 Å². The van der Waals surface area contributed by atoms with Gasteiger partial charge in [0.2, 0.25) is 0 Å². The van der Waals surface area contributed by atoms with Gasteiger partial charge in [-0.25, -0.2) is 0 Å². The molecule has 1 nitrogen and oxygen atoms in total. The Morgan fingerprint density at radius 1 is 0.577 bits per heavy atom. The lowest BCUT2D eigenvalue weighted by Gasteiger charge is -2.09. The van der Waals surface area contributed by atoms with Crippen molar-refractivity contribution in [3.63, 3.8) is 0 Å². The van der Waals surface area contributed by atoms with Crippen LogP contribution in [0.4, 0.5) is 0 Å². The Kier molecular flexibility index (Phi) is 4.97. The molecule has 4 rings (SSSR count). The van der Waals surface area contributed by atoms with Gasteiger partial charge < -0.3 is 4.74 Å². The Balaban J connectivity index is 1.43. The molecule has 1 heteroatoms. The number of fused-ring (bicyclic) bond motifs is 1. The maximum absolute atomic E-state index is 5.95. The van der Waals surface area contributed by atoms with Crippen molar-refractivity contribution in [1.82, 2.24) is 0 Å². The lowest BCUT2D eigenvalue weighted by molar-refractivity contribution is 0.306. The molecule has 0 heterocycles. The smallest absolute Gasteiger partial charge is 0.120 e. The normalized spacial score (nSPS) is 10.8. The van der Waals surface area contributed by atoms with E-state index in [0.29, 0.717) is 6.61 Å². The average Bonchev–Trinajstić information content (AvgIpc) is 2.72. The lowest BCUT2D eigenvalue weighted by Crippen LogP contribution is -1.97. The first kappa shape index (κ1) is 16.4. The maximum atomic E-state index is 5.95. The number of hydrogen-bond donors (Lipinski definition) is 0. The molecule has 0 aliphatic heterocycles. The van der Waals surface area contributed by atoms with E-state index in [1.165, 1.54) is 27.5 Å². The molecule has 4 aromatic rings. The largest absolute Gasteiger partial charge is 0.489 e. The van der Waals surface area contributed by atoms with Gasteiger partial charge in [0, 0.05) is 0 Å². The van der Waals surface area contributed by atoms with Gasteiger partial charge in [-0.05, 0) is 52.4 Å². The minimum absolute atomic E-state index is 0.605. The summed E-state index contributed by atoms with van der Waals surface area (Å²) in [4.78, 5) is 0. The molecule has 0 fully saturated rings. The summed E-state index contributed by atoms with van der Waals surface area (Å²) in [5.41, 5.74) is 3.90. The highest BCUT2D eigenvalue weighted by Gasteiger charge is 2.03. The fourth-order valence-electron chi connectivity index (χ4n) is 3.32. The van der Waals surface area contributed by atoms with Gasteiger partial charge in [-0.1, -0.05) is 84.9 Å². The molecule has 0 aromatic heterocycles. The number of aryl methyl sites for hydroxylation is 2. The SMILES string of the molecule is c1ccc(COc2cccc(CCc3cccc4ccccc34)c2)cc1. The highest BCUT2D eigenvalue weighted by molar-refractivity contribution is 5.85. The number of benzene rings is 4. The lowest BCUT2D eigenvalue weighted by atomic mass is 9.98. The molecule has 0 saturated carbocycles. The molecule has 0 unspecified atom stereocenters. The van der Waals surface area contributed by atoms with Crippen molar-refractivity contribution in [1.29, 1.82) is 0 Å². The topological polar surface area (TPSA) is 9.23 Å². The Morgan fingerprint density at radius 3 is 2.23 bits per heavy atom. The molecular formula is C25H22O. The van der Waals surface area contributed by atoms with Gasteiger partial charge in [-0.3, -0.25) is 0 Å². The predicted molar refractivity (Wildman–Crippen MR) is 109 cm³/mol. The zero-order valence-electron chi connectivity index (χ0n) is 14.8. The van der Waals surface area contributed by atoms with Crippen LogP contribution < -0.4 is 4.74 Å². The molecule has 0 aliphatic carbocycles. The van der Waals surface area contributed by atoms with Crippen LogP contribution in [0.2, 0.25) is 0 Å². The van der Waals surface area contributed by atoms with Crippen LogP contribution in [0, 0.1) is 0 Å². The first-order chi connectivity index (χ1) is 12.9. The molecule has 0 aliphatic rings. The summed E-state index contributed by atoms with van der Waals surface area (Å²) in [6.07, 6.45) is 2.04. The van der Waals surface area contributed by atoms with Crippen molar-refractivity contribution in [2.24, 2.45) is 0 Å². The molecule has 26 heavy (non-hydrogen) atoms. The van der Waals surface area contributed by atoms with E-state index >= 15 is 0 Å². The van der Waals surface area contributed by atoms with Crippen molar-refractivity contribution < 1.29 is 4.74 Å². The summed E-state index contributed by atoms with van der Waals surface area (Å²) in [7, 11) is 0. The summed E-state index contributed by atoms with van der Waals surface area (Å²) >= 11 is 0. The monoisotopic (exact) mass is 338 g/mol. The fourth-order valence-corrected chi connectivity index (χ4v) is 3.32. The zero-order valence-corrected chi connectivity index (χ0v) is 14.8. The molecule has 4 aromatic carbocycles. The number of hydrogen-bond acceptors (Lipinski definition) is 1.